The quantitative estimate of drug-likeness (QED) is 0.627. The molecule has 1 unspecified atom stereocenters. The van der Waals surface area contributed by atoms with Crippen molar-refractivity contribution in [2.75, 3.05) is 0 Å². The van der Waals surface area contributed by atoms with Gasteiger partial charge in [0.1, 0.15) is 0 Å². The second kappa shape index (κ2) is 3.10. The fourth-order valence-electron chi connectivity index (χ4n) is 0.854. The van der Waals surface area contributed by atoms with Gasteiger partial charge in [-0.2, -0.15) is 12.6 Å². The van der Waals surface area contributed by atoms with Gasteiger partial charge in [0.2, 0.25) is 0 Å². The normalized spacial score (nSPS) is 13.5. The summed E-state index contributed by atoms with van der Waals surface area (Å²) in [6.07, 6.45) is 2.47. The number of nitrogens with one attached hydrogen (secondary N) is 1. The van der Waals surface area contributed by atoms with Crippen molar-refractivity contribution in [3.63, 3.8) is 0 Å². The Morgan fingerprint density at radius 1 is 1.90 bits per heavy atom. The molecule has 3 heteroatoms. The number of rotatable bonds is 2. The molecule has 0 aliphatic heterocycles. The van der Waals surface area contributed by atoms with Crippen LogP contribution in [-0.4, -0.2) is 9.97 Å². The Labute approximate surface area is 66.5 Å². The van der Waals surface area contributed by atoms with Crippen molar-refractivity contribution in [2.45, 2.75) is 18.6 Å². The van der Waals surface area contributed by atoms with Gasteiger partial charge in [0.25, 0.3) is 0 Å². The summed E-state index contributed by atoms with van der Waals surface area (Å²) in [6.45, 7) is 5.72. The fraction of sp³-hybridized carbons (Fsp3) is 0.429. The van der Waals surface area contributed by atoms with E-state index in [1.54, 1.807) is 6.33 Å². The van der Waals surface area contributed by atoms with E-state index in [0.29, 0.717) is 0 Å². The van der Waals surface area contributed by atoms with Crippen molar-refractivity contribution in [2.24, 2.45) is 0 Å². The molecule has 0 saturated heterocycles. The molecular formula is C7H11N2S. The van der Waals surface area contributed by atoms with Crippen LogP contribution in [0.2, 0.25) is 0 Å². The summed E-state index contributed by atoms with van der Waals surface area (Å²) in [5.74, 6) is 0. The minimum atomic E-state index is 0.197. The minimum Gasteiger partial charge on any atom is -0.347 e. The molecule has 1 radical (unpaired) electrons. The molecule has 1 aromatic heterocycles. The first-order valence-corrected chi connectivity index (χ1v) is 3.74. The van der Waals surface area contributed by atoms with E-state index in [1.807, 2.05) is 6.92 Å². The van der Waals surface area contributed by atoms with Crippen LogP contribution in [0.15, 0.2) is 6.33 Å². The minimum absolute atomic E-state index is 0.197. The van der Waals surface area contributed by atoms with Crippen molar-refractivity contribution in [3.05, 3.63) is 24.6 Å². The maximum Gasteiger partial charge on any atom is 0.0925 e. The van der Waals surface area contributed by atoms with Crippen LogP contribution in [0.25, 0.3) is 0 Å². The molecule has 0 amide bonds. The molecule has 1 N–H and O–H groups in total. The number of hydrogen-bond donors (Lipinski definition) is 2. The number of thiol groups is 1. The van der Waals surface area contributed by atoms with Gasteiger partial charge in [0, 0.05) is 5.25 Å². The molecule has 1 heterocycles. The Morgan fingerprint density at radius 2 is 2.60 bits per heavy atom. The number of aromatic nitrogens is 2. The lowest BCUT2D eigenvalue weighted by atomic mass is 10.2. The Balaban J connectivity index is 2.82. The highest BCUT2D eigenvalue weighted by atomic mass is 32.1. The van der Waals surface area contributed by atoms with Gasteiger partial charge in [-0.1, -0.05) is 6.92 Å². The largest absolute Gasteiger partial charge is 0.347 e. The molecule has 1 aromatic rings. The summed E-state index contributed by atoms with van der Waals surface area (Å²) < 4.78 is 0. The fourth-order valence-corrected chi connectivity index (χ4v) is 1.12. The summed E-state index contributed by atoms with van der Waals surface area (Å²) in [6, 6.07) is 0. The SMILES string of the molecule is [CH2]CC(S)c1[nH]cnc1C. The maximum absolute atomic E-state index is 4.32. The van der Waals surface area contributed by atoms with Crippen LogP contribution in [0.5, 0.6) is 0 Å². The lowest BCUT2D eigenvalue weighted by Crippen LogP contribution is -1.90. The Bertz CT molecular complexity index is 207. The number of aryl methyl sites for hydroxylation is 1. The van der Waals surface area contributed by atoms with E-state index < -0.39 is 0 Å². The molecule has 0 aliphatic rings. The van der Waals surface area contributed by atoms with Gasteiger partial charge in [-0.3, -0.25) is 0 Å². The molecule has 1 atom stereocenters. The van der Waals surface area contributed by atoms with Gasteiger partial charge in [0.15, 0.2) is 0 Å². The van der Waals surface area contributed by atoms with Gasteiger partial charge in [-0.25, -0.2) is 4.98 Å². The molecule has 0 spiro atoms. The smallest absolute Gasteiger partial charge is 0.0925 e. The standard InChI is InChI=1S/C7H11N2S/c1-3-6(10)7-5(2)8-4-9-7/h4,6,10H,1,3H2,2H3,(H,8,9). The van der Waals surface area contributed by atoms with Gasteiger partial charge in [-0.15, -0.1) is 0 Å². The van der Waals surface area contributed by atoms with Gasteiger partial charge >= 0.3 is 0 Å². The molecule has 55 valence electrons. The molecule has 0 aliphatic carbocycles. The van der Waals surface area contributed by atoms with Crippen LogP contribution in [-0.2, 0) is 0 Å². The second-order valence-electron chi connectivity index (χ2n) is 2.21. The number of imidazole rings is 1. The van der Waals surface area contributed by atoms with Crippen LogP contribution < -0.4 is 0 Å². The zero-order valence-electron chi connectivity index (χ0n) is 5.96. The number of H-pyrrole nitrogens is 1. The van der Waals surface area contributed by atoms with E-state index in [-0.39, 0.29) is 5.25 Å². The summed E-state index contributed by atoms with van der Waals surface area (Å²) in [5, 5.41) is 0.197. The third-order valence-corrected chi connectivity index (χ3v) is 1.99. The molecular weight excluding hydrogens is 144 g/mol. The van der Waals surface area contributed by atoms with E-state index >= 15 is 0 Å². The summed E-state index contributed by atoms with van der Waals surface area (Å²) in [5.41, 5.74) is 2.10. The molecule has 0 aromatic carbocycles. The molecule has 10 heavy (non-hydrogen) atoms. The Morgan fingerprint density at radius 3 is 3.00 bits per heavy atom. The highest BCUT2D eigenvalue weighted by Gasteiger charge is 2.07. The van der Waals surface area contributed by atoms with Crippen molar-refractivity contribution >= 4 is 12.6 Å². The first-order chi connectivity index (χ1) is 4.75. The summed E-state index contributed by atoms with van der Waals surface area (Å²) >= 11 is 4.32. The van der Waals surface area contributed by atoms with E-state index in [2.05, 4.69) is 29.5 Å². The third kappa shape index (κ3) is 1.34. The third-order valence-electron chi connectivity index (χ3n) is 1.47. The van der Waals surface area contributed by atoms with Crippen LogP contribution in [0.4, 0.5) is 0 Å². The van der Waals surface area contributed by atoms with E-state index in [1.165, 1.54) is 0 Å². The molecule has 1 rings (SSSR count). The average Bonchev–Trinajstić information content (AvgIpc) is 2.34. The number of aromatic amines is 1. The highest BCUT2D eigenvalue weighted by Crippen LogP contribution is 2.22. The lowest BCUT2D eigenvalue weighted by Gasteiger charge is -2.04. The topological polar surface area (TPSA) is 28.7 Å². The average molecular weight is 155 g/mol. The van der Waals surface area contributed by atoms with Gasteiger partial charge < -0.3 is 4.98 Å². The van der Waals surface area contributed by atoms with Crippen LogP contribution in [0.1, 0.15) is 23.1 Å². The van der Waals surface area contributed by atoms with Crippen molar-refractivity contribution in [1.29, 1.82) is 0 Å². The number of hydrogen-bond acceptors (Lipinski definition) is 2. The van der Waals surface area contributed by atoms with Crippen molar-refractivity contribution < 1.29 is 0 Å². The predicted octanol–water partition coefficient (Wildman–Crippen LogP) is 1.91. The first-order valence-electron chi connectivity index (χ1n) is 3.23. The lowest BCUT2D eigenvalue weighted by molar-refractivity contribution is 0.922. The Kier molecular flexibility index (Phi) is 2.38. The van der Waals surface area contributed by atoms with Gasteiger partial charge in [0.05, 0.1) is 17.7 Å². The zero-order valence-corrected chi connectivity index (χ0v) is 6.86. The monoisotopic (exact) mass is 155 g/mol. The van der Waals surface area contributed by atoms with E-state index in [4.69, 9.17) is 0 Å². The van der Waals surface area contributed by atoms with Crippen LogP contribution in [0, 0.1) is 13.8 Å². The predicted molar refractivity (Wildman–Crippen MR) is 45.0 cm³/mol. The molecule has 0 fully saturated rings. The summed E-state index contributed by atoms with van der Waals surface area (Å²) in [7, 11) is 0. The zero-order chi connectivity index (χ0) is 7.56. The van der Waals surface area contributed by atoms with E-state index in [0.717, 1.165) is 17.8 Å². The highest BCUT2D eigenvalue weighted by molar-refractivity contribution is 7.80. The van der Waals surface area contributed by atoms with Crippen LogP contribution in [0.3, 0.4) is 0 Å². The maximum atomic E-state index is 4.32. The summed E-state index contributed by atoms with van der Waals surface area (Å²) in [4.78, 5) is 7.08. The molecule has 0 bridgehead atoms. The van der Waals surface area contributed by atoms with Crippen molar-refractivity contribution in [3.8, 4) is 0 Å². The van der Waals surface area contributed by atoms with E-state index in [9.17, 15) is 0 Å². The first kappa shape index (κ1) is 7.66. The van der Waals surface area contributed by atoms with Crippen molar-refractivity contribution in [1.82, 2.24) is 9.97 Å². The Hall–Kier alpha value is -0.440. The van der Waals surface area contributed by atoms with Gasteiger partial charge in [-0.05, 0) is 13.3 Å². The number of nitrogens with zero attached hydrogens (tertiary/aromatic N) is 1. The van der Waals surface area contributed by atoms with Crippen LogP contribution >= 0.6 is 12.6 Å². The molecule has 0 saturated carbocycles. The molecule has 2 nitrogen and oxygen atoms in total. The second-order valence-corrected chi connectivity index (χ2v) is 2.83.